The van der Waals surface area contributed by atoms with Crippen molar-refractivity contribution < 1.29 is 0 Å². The Hall–Kier alpha value is -3.84. The predicted molar refractivity (Wildman–Crippen MR) is 195 cm³/mol. The van der Waals surface area contributed by atoms with Crippen LogP contribution in [0.4, 0.5) is 0 Å². The summed E-state index contributed by atoms with van der Waals surface area (Å²) in [6, 6.07) is 25.3. The molecule has 0 aliphatic heterocycles. The normalized spacial score (nSPS) is 9.48. The standard InChI is InChI=1S/C20H23N.C10H12.C7H12.2C2H6/c1-15-9-11-19(12-10-15)14-21-18(4)13-17(3)20-8-6-5-7-16(20)2;1-8(2)10-6-4-5-9(3)7-10;1-5-7(4)6(2)3;2*1-2/h5-13,21H,3,14H2,1-2,4H3;4-7H,1H2,2-3H3;5H,1H2,2-4H3;2*1-2H3/b18-13+;;;;. The monoisotopic (exact) mass is 565 g/mol. The third-order valence-electron chi connectivity index (χ3n) is 6.18. The first-order valence-electron chi connectivity index (χ1n) is 15.2. The highest BCUT2D eigenvalue weighted by Gasteiger charge is 2.00. The largest absolute Gasteiger partial charge is 0.384 e. The van der Waals surface area contributed by atoms with E-state index in [1.807, 2.05) is 40.7 Å². The van der Waals surface area contributed by atoms with E-state index in [-0.39, 0.29) is 0 Å². The lowest BCUT2D eigenvalue weighted by molar-refractivity contribution is 0.812. The molecule has 42 heavy (non-hydrogen) atoms. The van der Waals surface area contributed by atoms with Crippen LogP contribution in [0.15, 0.2) is 122 Å². The van der Waals surface area contributed by atoms with Crippen molar-refractivity contribution in [3.63, 3.8) is 0 Å². The van der Waals surface area contributed by atoms with Crippen LogP contribution in [-0.2, 0) is 6.54 Å². The van der Waals surface area contributed by atoms with E-state index in [0.717, 1.165) is 23.4 Å². The summed E-state index contributed by atoms with van der Waals surface area (Å²) >= 11 is 0. The summed E-state index contributed by atoms with van der Waals surface area (Å²) in [4.78, 5) is 0. The van der Waals surface area contributed by atoms with Gasteiger partial charge in [-0.05, 0) is 89.3 Å². The molecule has 1 nitrogen and oxygen atoms in total. The van der Waals surface area contributed by atoms with Gasteiger partial charge in [-0.2, -0.15) is 0 Å². The number of benzene rings is 3. The van der Waals surface area contributed by atoms with Crippen molar-refractivity contribution >= 4 is 11.1 Å². The maximum Gasteiger partial charge on any atom is 0.0397 e. The summed E-state index contributed by atoms with van der Waals surface area (Å²) in [7, 11) is 0. The molecular formula is C41H59N. The number of rotatable bonds is 7. The van der Waals surface area contributed by atoms with E-state index in [2.05, 4.69) is 152 Å². The van der Waals surface area contributed by atoms with Gasteiger partial charge in [0.2, 0.25) is 0 Å². The van der Waals surface area contributed by atoms with Crippen molar-refractivity contribution in [2.24, 2.45) is 0 Å². The van der Waals surface area contributed by atoms with Crippen molar-refractivity contribution in [2.75, 3.05) is 0 Å². The van der Waals surface area contributed by atoms with Gasteiger partial charge in [0.25, 0.3) is 0 Å². The van der Waals surface area contributed by atoms with Gasteiger partial charge >= 0.3 is 0 Å². The molecule has 0 aliphatic carbocycles. The fraction of sp³-hybridized carbons (Fsp3) is 0.317. The van der Waals surface area contributed by atoms with E-state index in [1.54, 1.807) is 0 Å². The minimum absolute atomic E-state index is 0.837. The minimum atomic E-state index is 0.837. The molecule has 0 aliphatic rings. The van der Waals surface area contributed by atoms with Crippen molar-refractivity contribution in [1.29, 1.82) is 0 Å². The van der Waals surface area contributed by atoms with Gasteiger partial charge < -0.3 is 5.32 Å². The van der Waals surface area contributed by atoms with Crippen LogP contribution in [0, 0.1) is 20.8 Å². The second-order valence-electron chi connectivity index (χ2n) is 10.0. The smallest absolute Gasteiger partial charge is 0.0397 e. The van der Waals surface area contributed by atoms with Crippen molar-refractivity contribution in [2.45, 2.75) is 89.6 Å². The summed E-state index contributed by atoms with van der Waals surface area (Å²) in [5, 5.41) is 3.44. The molecule has 3 rings (SSSR count). The summed E-state index contributed by atoms with van der Waals surface area (Å²) in [6.45, 7) is 37.1. The van der Waals surface area contributed by atoms with Crippen LogP contribution in [0.5, 0.6) is 0 Å². The topological polar surface area (TPSA) is 12.0 Å². The molecule has 0 amide bonds. The Kier molecular flexibility index (Phi) is 22.9. The van der Waals surface area contributed by atoms with Crippen LogP contribution in [-0.4, -0.2) is 0 Å². The number of hydrogen-bond donors (Lipinski definition) is 1. The molecule has 0 atom stereocenters. The minimum Gasteiger partial charge on any atom is -0.384 e. The molecule has 0 saturated carbocycles. The van der Waals surface area contributed by atoms with Gasteiger partial charge in [-0.3, -0.25) is 0 Å². The molecule has 0 heterocycles. The second kappa shape index (κ2) is 23.8. The van der Waals surface area contributed by atoms with Crippen molar-refractivity contribution in [1.82, 2.24) is 5.32 Å². The Morgan fingerprint density at radius 2 is 1.29 bits per heavy atom. The molecule has 0 aromatic heterocycles. The molecule has 0 unspecified atom stereocenters. The zero-order chi connectivity index (χ0) is 32.7. The Labute approximate surface area is 260 Å². The fourth-order valence-corrected chi connectivity index (χ4v) is 3.39. The van der Waals surface area contributed by atoms with Crippen LogP contribution < -0.4 is 5.32 Å². The lowest BCUT2D eigenvalue weighted by Crippen LogP contribution is -2.10. The highest BCUT2D eigenvalue weighted by Crippen LogP contribution is 2.19. The highest BCUT2D eigenvalue weighted by atomic mass is 14.9. The lowest BCUT2D eigenvalue weighted by atomic mass is 10.0. The van der Waals surface area contributed by atoms with Crippen LogP contribution >= 0.6 is 0 Å². The zero-order valence-corrected chi connectivity index (χ0v) is 28.9. The highest BCUT2D eigenvalue weighted by molar-refractivity contribution is 5.74. The van der Waals surface area contributed by atoms with E-state index in [9.17, 15) is 0 Å². The van der Waals surface area contributed by atoms with Gasteiger partial charge in [-0.1, -0.05) is 154 Å². The van der Waals surface area contributed by atoms with E-state index in [4.69, 9.17) is 0 Å². The average Bonchev–Trinajstić information content (AvgIpc) is 2.99. The summed E-state index contributed by atoms with van der Waals surface area (Å²) < 4.78 is 0. The maximum absolute atomic E-state index is 4.18. The first-order valence-corrected chi connectivity index (χ1v) is 15.2. The summed E-state index contributed by atoms with van der Waals surface area (Å²) in [5.41, 5.74) is 13.5. The molecule has 228 valence electrons. The van der Waals surface area contributed by atoms with E-state index < -0.39 is 0 Å². The zero-order valence-electron chi connectivity index (χ0n) is 28.9. The molecular weight excluding hydrogens is 506 g/mol. The van der Waals surface area contributed by atoms with Gasteiger partial charge in [0.15, 0.2) is 0 Å². The van der Waals surface area contributed by atoms with Crippen molar-refractivity contribution in [3.05, 3.63) is 155 Å². The number of hydrogen-bond acceptors (Lipinski definition) is 1. The van der Waals surface area contributed by atoms with Gasteiger partial charge in [0, 0.05) is 12.2 Å². The van der Waals surface area contributed by atoms with E-state index in [1.165, 1.54) is 44.5 Å². The fourth-order valence-electron chi connectivity index (χ4n) is 3.39. The quantitative estimate of drug-likeness (QED) is 0.281. The molecule has 0 bridgehead atoms. The van der Waals surface area contributed by atoms with Crippen LogP contribution in [0.25, 0.3) is 11.1 Å². The third kappa shape index (κ3) is 17.8. The molecule has 3 aromatic rings. The van der Waals surface area contributed by atoms with Gasteiger partial charge in [-0.15, -0.1) is 0 Å². The van der Waals surface area contributed by atoms with Crippen LogP contribution in [0.1, 0.15) is 95.7 Å². The molecule has 0 spiro atoms. The Morgan fingerprint density at radius 1 is 0.714 bits per heavy atom. The first-order chi connectivity index (χ1) is 19.9. The molecule has 3 aromatic carbocycles. The number of aryl methyl sites for hydroxylation is 3. The lowest BCUT2D eigenvalue weighted by Gasteiger charge is -2.10. The first kappa shape index (κ1) is 40.3. The summed E-state index contributed by atoms with van der Waals surface area (Å²) in [5.74, 6) is 0. The number of nitrogens with one attached hydrogen (secondary N) is 1. The Balaban J connectivity index is 0. The van der Waals surface area contributed by atoms with Gasteiger partial charge in [-0.25, -0.2) is 0 Å². The number of allylic oxidation sites excluding steroid dienone is 7. The second-order valence-corrected chi connectivity index (χ2v) is 10.0. The maximum atomic E-state index is 4.18. The molecule has 1 heteroatoms. The Morgan fingerprint density at radius 3 is 1.71 bits per heavy atom. The SMILES string of the molecule is C=C(/C=C(\C)NCc1ccc(C)cc1)c1ccccc1C.C=C(C)c1cccc(C)c1.C=CC(C)=C(C)C.CC.CC. The molecule has 0 radical (unpaired) electrons. The van der Waals surface area contributed by atoms with Crippen LogP contribution in [0.2, 0.25) is 0 Å². The van der Waals surface area contributed by atoms with Crippen LogP contribution in [0.3, 0.4) is 0 Å². The Bertz CT molecular complexity index is 1260. The molecule has 0 fully saturated rings. The average molecular weight is 566 g/mol. The third-order valence-corrected chi connectivity index (χ3v) is 6.18. The molecule has 1 N–H and O–H groups in total. The predicted octanol–water partition coefficient (Wildman–Crippen LogP) is 12.6. The molecule has 0 saturated heterocycles. The van der Waals surface area contributed by atoms with E-state index in [0.29, 0.717) is 0 Å². The summed E-state index contributed by atoms with van der Waals surface area (Å²) in [6.07, 6.45) is 3.98. The van der Waals surface area contributed by atoms with Gasteiger partial charge in [0.1, 0.15) is 0 Å². The van der Waals surface area contributed by atoms with Gasteiger partial charge in [0.05, 0.1) is 0 Å². The van der Waals surface area contributed by atoms with E-state index >= 15 is 0 Å². The van der Waals surface area contributed by atoms with Crippen molar-refractivity contribution in [3.8, 4) is 0 Å².